The number of aliphatic hydroxyl groups is 1. The first-order valence-electron chi connectivity index (χ1n) is 1.09. The minimum atomic E-state index is 0. The molecule has 4 heteroatoms. The minimum Gasteiger partial charge on any atom is -0.400 e. The van der Waals surface area contributed by atoms with E-state index in [-0.39, 0.29) is 12.4 Å². The molecule has 0 aromatic carbocycles. The van der Waals surface area contributed by atoms with Gasteiger partial charge in [-0.1, -0.05) is 0 Å². The van der Waals surface area contributed by atoms with Gasteiger partial charge in [-0.15, -0.1) is 12.4 Å². The van der Waals surface area contributed by atoms with Crippen LogP contribution in [-0.2, 0) is 4.84 Å². The Labute approximate surface area is 43.5 Å². The van der Waals surface area contributed by atoms with Gasteiger partial charge in [-0.2, -0.15) is 0 Å². The van der Waals surface area contributed by atoms with Crippen LogP contribution in [0.1, 0.15) is 0 Å². The molecule has 0 unspecified atom stereocenters. The monoisotopic (exact) mass is 115 g/mol. The van der Waals surface area contributed by atoms with Crippen molar-refractivity contribution < 1.29 is 9.94 Å². The molecule has 0 aromatic heterocycles. The number of hydrogen-bond acceptors (Lipinski definition) is 3. The van der Waals surface area contributed by atoms with Gasteiger partial charge in [0.1, 0.15) is 0 Å². The summed E-state index contributed by atoms with van der Waals surface area (Å²) in [6.45, 7) is 0. The summed E-state index contributed by atoms with van der Waals surface area (Å²) in [6.07, 6.45) is 0. The number of rotatable bonds is 0. The Morgan fingerprint density at radius 2 is 1.50 bits per heavy atom. The quantitative estimate of drug-likeness (QED) is 0.420. The highest BCUT2D eigenvalue weighted by Crippen LogP contribution is 1.14. The van der Waals surface area contributed by atoms with Crippen LogP contribution < -0.4 is 5.90 Å². The molecule has 0 rings (SSSR count). The number of nitrogens with two attached hydrogens (primary N) is 1. The molecule has 0 radical (unpaired) electrons. The van der Waals surface area contributed by atoms with Crippen molar-refractivity contribution in [2.45, 2.75) is 0 Å². The predicted molar refractivity (Wildman–Crippen MR) is 26.6 cm³/mol. The van der Waals surface area contributed by atoms with Gasteiger partial charge in [-0.25, -0.2) is 5.90 Å². The molecule has 0 amide bonds. The van der Waals surface area contributed by atoms with Crippen molar-refractivity contribution >= 4 is 12.4 Å². The van der Waals surface area contributed by atoms with E-state index in [0.717, 1.165) is 7.11 Å². The van der Waals surface area contributed by atoms with Gasteiger partial charge in [-0.05, 0) is 0 Å². The van der Waals surface area contributed by atoms with Crippen molar-refractivity contribution in [3.63, 3.8) is 0 Å². The zero-order chi connectivity index (χ0) is 4.71. The lowest BCUT2D eigenvalue weighted by Gasteiger charge is -1.62. The molecule has 6 heavy (non-hydrogen) atoms. The Morgan fingerprint density at radius 3 is 1.50 bits per heavy atom. The second kappa shape index (κ2) is 65.7. The van der Waals surface area contributed by atoms with Crippen molar-refractivity contribution in [3.8, 4) is 0 Å². The Kier molecular flexibility index (Phi) is 180. The molecule has 0 heterocycles. The van der Waals surface area contributed by atoms with Crippen molar-refractivity contribution in [2.75, 3.05) is 14.2 Å². The summed E-state index contributed by atoms with van der Waals surface area (Å²) in [4.78, 5) is 3.75. The van der Waals surface area contributed by atoms with Crippen LogP contribution in [-0.4, -0.2) is 19.3 Å². The van der Waals surface area contributed by atoms with Gasteiger partial charge in [0.15, 0.2) is 0 Å². The number of hydrogen-bond donors (Lipinski definition) is 2. The number of halogens is 1. The van der Waals surface area contributed by atoms with E-state index in [1.54, 1.807) is 0 Å². The molecule has 3 nitrogen and oxygen atoms in total. The Morgan fingerprint density at radius 1 is 1.50 bits per heavy atom. The molecule has 0 atom stereocenters. The van der Waals surface area contributed by atoms with Crippen molar-refractivity contribution in [1.82, 2.24) is 0 Å². The fourth-order valence-electron chi connectivity index (χ4n) is 0. The van der Waals surface area contributed by atoms with Gasteiger partial charge in [0.25, 0.3) is 0 Å². The van der Waals surface area contributed by atoms with Gasteiger partial charge < -0.3 is 9.94 Å². The third-order valence-electron chi connectivity index (χ3n) is 0. The van der Waals surface area contributed by atoms with Crippen LogP contribution in [0.5, 0.6) is 0 Å². The van der Waals surface area contributed by atoms with Crippen LogP contribution in [0.15, 0.2) is 0 Å². The van der Waals surface area contributed by atoms with Gasteiger partial charge in [0, 0.05) is 7.11 Å². The highest BCUT2D eigenvalue weighted by molar-refractivity contribution is 5.85. The van der Waals surface area contributed by atoms with Crippen LogP contribution in [0, 0.1) is 0 Å². The van der Waals surface area contributed by atoms with Crippen molar-refractivity contribution in [1.29, 1.82) is 0 Å². The molecular formula is C2H10ClNO2. The zero-order valence-electron chi connectivity index (χ0n) is 3.84. The maximum atomic E-state index is 7.00. The predicted octanol–water partition coefficient (Wildman–Crippen LogP) is -0.463. The van der Waals surface area contributed by atoms with Crippen LogP contribution in [0.4, 0.5) is 0 Å². The van der Waals surface area contributed by atoms with E-state index in [1.807, 2.05) is 0 Å². The van der Waals surface area contributed by atoms with Crippen LogP contribution in [0.3, 0.4) is 0 Å². The summed E-state index contributed by atoms with van der Waals surface area (Å²) < 4.78 is 0. The smallest absolute Gasteiger partial charge is 0.0569 e. The van der Waals surface area contributed by atoms with Gasteiger partial charge in [0.05, 0.1) is 7.11 Å². The molecular weight excluding hydrogens is 105 g/mol. The maximum Gasteiger partial charge on any atom is 0.0569 e. The van der Waals surface area contributed by atoms with Crippen molar-refractivity contribution in [3.05, 3.63) is 0 Å². The second-order valence-corrected chi connectivity index (χ2v) is 0.236. The normalized spacial score (nSPS) is 4.00. The van der Waals surface area contributed by atoms with Gasteiger partial charge in [0.2, 0.25) is 0 Å². The van der Waals surface area contributed by atoms with Gasteiger partial charge in [-0.3, -0.25) is 0 Å². The van der Waals surface area contributed by atoms with E-state index >= 15 is 0 Å². The first-order valence-corrected chi connectivity index (χ1v) is 1.09. The van der Waals surface area contributed by atoms with E-state index in [2.05, 4.69) is 10.7 Å². The van der Waals surface area contributed by atoms with E-state index < -0.39 is 0 Å². The third-order valence-corrected chi connectivity index (χ3v) is 0. The largest absolute Gasteiger partial charge is 0.400 e. The van der Waals surface area contributed by atoms with Gasteiger partial charge >= 0.3 is 0 Å². The van der Waals surface area contributed by atoms with Crippen LogP contribution >= 0.6 is 12.4 Å². The summed E-state index contributed by atoms with van der Waals surface area (Å²) in [6, 6.07) is 0. The molecule has 0 saturated carbocycles. The van der Waals surface area contributed by atoms with Crippen molar-refractivity contribution in [2.24, 2.45) is 5.90 Å². The standard InChI is InChI=1S/CH5NO.CH4O.ClH/c1-3-2;1-2;/h2H2,1H3;2H,1H3;1H. The first-order chi connectivity index (χ1) is 2.41. The maximum absolute atomic E-state index is 7.00. The van der Waals surface area contributed by atoms with Crippen LogP contribution in [0.25, 0.3) is 0 Å². The minimum absolute atomic E-state index is 0. The summed E-state index contributed by atoms with van der Waals surface area (Å²) in [7, 11) is 2.40. The Hall–Kier alpha value is 0.170. The fourth-order valence-corrected chi connectivity index (χ4v) is 0. The molecule has 0 aliphatic heterocycles. The summed E-state index contributed by atoms with van der Waals surface area (Å²) in [5, 5.41) is 7.00. The molecule has 0 aliphatic rings. The summed E-state index contributed by atoms with van der Waals surface area (Å²) >= 11 is 0. The zero-order valence-corrected chi connectivity index (χ0v) is 4.66. The molecule has 3 N–H and O–H groups in total. The first kappa shape index (κ1) is 16.4. The average molecular weight is 116 g/mol. The van der Waals surface area contributed by atoms with E-state index in [1.165, 1.54) is 7.11 Å². The van der Waals surface area contributed by atoms with E-state index in [0.29, 0.717) is 0 Å². The lowest BCUT2D eigenvalue weighted by molar-refractivity contribution is 0.206. The molecule has 0 aromatic rings. The topological polar surface area (TPSA) is 55.5 Å². The molecule has 0 saturated heterocycles. The average Bonchev–Trinajstić information content (AvgIpc) is 1.46. The van der Waals surface area contributed by atoms with Crippen LogP contribution in [0.2, 0.25) is 0 Å². The van der Waals surface area contributed by atoms with E-state index in [9.17, 15) is 0 Å². The molecule has 0 spiro atoms. The Bertz CT molecular complexity index is 11.5. The fraction of sp³-hybridized carbons (Fsp3) is 1.00. The molecule has 42 valence electrons. The lowest BCUT2D eigenvalue weighted by Crippen LogP contribution is -1.86. The summed E-state index contributed by atoms with van der Waals surface area (Å²) in [5.41, 5.74) is 0. The molecule has 0 bridgehead atoms. The van der Waals surface area contributed by atoms with E-state index in [4.69, 9.17) is 5.11 Å². The second-order valence-electron chi connectivity index (χ2n) is 0.236. The lowest BCUT2D eigenvalue weighted by atomic mass is 11.7. The SMILES string of the molecule is CO.CON.Cl. The highest BCUT2D eigenvalue weighted by atomic mass is 35.5. The highest BCUT2D eigenvalue weighted by Gasteiger charge is 1.23. The molecule has 0 fully saturated rings. The third kappa shape index (κ3) is 1450. The Balaban J connectivity index is -0.0000000275. The molecule has 0 aliphatic carbocycles. The number of aliphatic hydroxyl groups excluding tert-OH is 1. The summed E-state index contributed by atoms with van der Waals surface area (Å²) in [5.74, 6) is 4.35.